The molecular formula is C18H17NO4. The van der Waals surface area contributed by atoms with Crippen LogP contribution >= 0.6 is 0 Å². The van der Waals surface area contributed by atoms with Gasteiger partial charge in [0, 0.05) is 11.6 Å². The Kier molecular flexibility index (Phi) is 2.65. The average molecular weight is 311 g/mol. The van der Waals surface area contributed by atoms with Crippen LogP contribution in [0.15, 0.2) is 30.3 Å². The van der Waals surface area contributed by atoms with E-state index < -0.39 is 6.29 Å². The van der Waals surface area contributed by atoms with E-state index in [1.165, 1.54) is 0 Å². The summed E-state index contributed by atoms with van der Waals surface area (Å²) in [5, 5.41) is 0. The highest BCUT2D eigenvalue weighted by molar-refractivity contribution is 5.95. The van der Waals surface area contributed by atoms with Crippen LogP contribution in [0.3, 0.4) is 0 Å². The van der Waals surface area contributed by atoms with E-state index in [1.54, 1.807) is 6.92 Å². The van der Waals surface area contributed by atoms with Crippen LogP contribution in [0.1, 0.15) is 12.5 Å². The van der Waals surface area contributed by atoms with Crippen LogP contribution in [0.5, 0.6) is 0 Å². The number of carbonyl (C=O) groups excluding carboxylic acids is 2. The zero-order chi connectivity index (χ0) is 15.7. The maximum Gasteiger partial charge on any atom is 0.218 e. The molecule has 5 nitrogen and oxygen atoms in total. The Morgan fingerprint density at radius 3 is 2.96 bits per heavy atom. The van der Waals surface area contributed by atoms with E-state index >= 15 is 0 Å². The van der Waals surface area contributed by atoms with Gasteiger partial charge in [0.05, 0.1) is 30.7 Å². The molecule has 0 aromatic heterocycles. The number of ketones is 2. The van der Waals surface area contributed by atoms with Crippen molar-refractivity contribution < 1.29 is 19.1 Å². The number of ether oxygens (including phenoxy) is 2. The molecule has 3 saturated heterocycles. The first-order valence-corrected chi connectivity index (χ1v) is 8.03. The Morgan fingerprint density at radius 2 is 2.13 bits per heavy atom. The van der Waals surface area contributed by atoms with Crippen LogP contribution in [-0.4, -0.2) is 42.7 Å². The van der Waals surface area contributed by atoms with Crippen molar-refractivity contribution in [3.8, 4) is 0 Å². The van der Waals surface area contributed by atoms with E-state index in [0.29, 0.717) is 6.61 Å². The number of Topliss-reactive ketones (excluding diaryl/α,β-unsaturated/α-hetero) is 2. The summed E-state index contributed by atoms with van der Waals surface area (Å²) in [6.45, 7) is 2.00. The van der Waals surface area contributed by atoms with Gasteiger partial charge in [0.15, 0.2) is 11.6 Å². The lowest BCUT2D eigenvalue weighted by Crippen LogP contribution is -2.48. The lowest BCUT2D eigenvalue weighted by atomic mass is 9.78. The van der Waals surface area contributed by atoms with Gasteiger partial charge in [0.2, 0.25) is 6.29 Å². The third-order valence-electron chi connectivity index (χ3n) is 5.57. The van der Waals surface area contributed by atoms with Crippen molar-refractivity contribution in [2.75, 3.05) is 11.5 Å². The SMILES string of the molecule is CC(=O)[C@@H]1[C@H]2[C@@H](C(=O)[C@H]3OC[C@H]2O3)[C@@H]2C=Cc3ccccc3N12. The summed E-state index contributed by atoms with van der Waals surface area (Å²) < 4.78 is 11.2. The van der Waals surface area contributed by atoms with Crippen molar-refractivity contribution in [1.82, 2.24) is 0 Å². The van der Waals surface area contributed by atoms with E-state index in [2.05, 4.69) is 17.1 Å². The second-order valence-electron chi connectivity index (χ2n) is 6.72. The molecule has 4 heterocycles. The topological polar surface area (TPSA) is 55.8 Å². The zero-order valence-electron chi connectivity index (χ0n) is 12.7. The molecule has 1 aromatic carbocycles. The van der Waals surface area contributed by atoms with Gasteiger partial charge >= 0.3 is 0 Å². The van der Waals surface area contributed by atoms with Crippen LogP contribution < -0.4 is 4.90 Å². The highest BCUT2D eigenvalue weighted by Crippen LogP contribution is 2.50. The third kappa shape index (κ3) is 1.64. The summed E-state index contributed by atoms with van der Waals surface area (Å²) in [7, 11) is 0. The molecule has 118 valence electrons. The number of anilines is 1. The van der Waals surface area contributed by atoms with Crippen molar-refractivity contribution in [2.45, 2.75) is 31.4 Å². The van der Waals surface area contributed by atoms with Gasteiger partial charge in [0.1, 0.15) is 0 Å². The minimum atomic E-state index is -0.751. The van der Waals surface area contributed by atoms with E-state index in [9.17, 15) is 9.59 Å². The predicted octanol–water partition coefficient (Wildman–Crippen LogP) is 1.42. The molecule has 5 rings (SSSR count). The minimum absolute atomic E-state index is 0.0217. The molecule has 0 radical (unpaired) electrons. The first-order chi connectivity index (χ1) is 11.2. The van der Waals surface area contributed by atoms with Crippen molar-refractivity contribution in [1.29, 1.82) is 0 Å². The molecular weight excluding hydrogens is 294 g/mol. The van der Waals surface area contributed by atoms with Gasteiger partial charge in [-0.25, -0.2) is 0 Å². The number of hydrogen-bond acceptors (Lipinski definition) is 5. The largest absolute Gasteiger partial charge is 0.353 e. The van der Waals surface area contributed by atoms with Crippen LogP contribution in [0.25, 0.3) is 6.08 Å². The Labute approximate surface area is 133 Å². The molecule has 0 N–H and O–H groups in total. The van der Waals surface area contributed by atoms with Gasteiger partial charge in [-0.15, -0.1) is 0 Å². The summed E-state index contributed by atoms with van der Waals surface area (Å²) >= 11 is 0. The molecule has 0 aliphatic carbocycles. The van der Waals surface area contributed by atoms with Gasteiger partial charge in [0.25, 0.3) is 0 Å². The van der Waals surface area contributed by atoms with Crippen molar-refractivity contribution in [3.05, 3.63) is 35.9 Å². The standard InChI is InChI=1S/C18H17NO4/c1-9(20)16-15-13-8-22-18(23-13)17(21)14(15)12-7-6-10-4-2-3-5-11(10)19(12)16/h2-7,12-16,18H,8H2,1H3/t12-,13+,14-,15+,16+,18-/m0/s1. The van der Waals surface area contributed by atoms with Crippen molar-refractivity contribution >= 4 is 23.3 Å². The smallest absolute Gasteiger partial charge is 0.218 e. The van der Waals surface area contributed by atoms with E-state index in [0.717, 1.165) is 11.3 Å². The Balaban J connectivity index is 1.69. The Bertz CT molecular complexity index is 742. The second-order valence-corrected chi connectivity index (χ2v) is 6.72. The normalized spacial score (nSPS) is 39.9. The number of fused-ring (bicyclic) bond motifs is 8. The summed E-state index contributed by atoms with van der Waals surface area (Å²) in [6, 6.07) is 7.59. The van der Waals surface area contributed by atoms with Gasteiger partial charge in [-0.3, -0.25) is 9.59 Å². The van der Waals surface area contributed by atoms with Gasteiger partial charge in [-0.2, -0.15) is 0 Å². The van der Waals surface area contributed by atoms with Crippen LogP contribution in [0, 0.1) is 11.8 Å². The first-order valence-electron chi connectivity index (χ1n) is 8.03. The second kappa shape index (κ2) is 4.52. The molecule has 0 amide bonds. The molecule has 2 bridgehead atoms. The van der Waals surface area contributed by atoms with E-state index in [1.807, 2.05) is 24.3 Å². The highest BCUT2D eigenvalue weighted by Gasteiger charge is 2.62. The number of nitrogens with zero attached hydrogens (tertiary/aromatic N) is 1. The van der Waals surface area contributed by atoms with Crippen molar-refractivity contribution in [3.63, 3.8) is 0 Å². The van der Waals surface area contributed by atoms with Crippen LogP contribution in [-0.2, 0) is 19.1 Å². The molecule has 0 unspecified atom stereocenters. The average Bonchev–Trinajstić information content (AvgIpc) is 3.13. The van der Waals surface area contributed by atoms with Crippen molar-refractivity contribution in [2.24, 2.45) is 11.8 Å². The minimum Gasteiger partial charge on any atom is -0.353 e. The summed E-state index contributed by atoms with van der Waals surface area (Å²) in [4.78, 5) is 27.4. The maximum absolute atomic E-state index is 12.8. The van der Waals surface area contributed by atoms with Gasteiger partial charge < -0.3 is 14.4 Å². The Morgan fingerprint density at radius 1 is 1.30 bits per heavy atom. The fraction of sp³-hybridized carbons (Fsp3) is 0.444. The molecule has 0 saturated carbocycles. The molecule has 1 aromatic rings. The Hall–Kier alpha value is -1.98. The third-order valence-corrected chi connectivity index (χ3v) is 5.57. The predicted molar refractivity (Wildman–Crippen MR) is 82.8 cm³/mol. The summed E-state index contributed by atoms with van der Waals surface area (Å²) in [5.74, 6) is -0.319. The number of hydrogen-bond donors (Lipinski definition) is 0. The summed E-state index contributed by atoms with van der Waals surface area (Å²) in [5.41, 5.74) is 2.11. The summed E-state index contributed by atoms with van der Waals surface area (Å²) in [6.07, 6.45) is 3.19. The van der Waals surface area contributed by atoms with Crippen LogP contribution in [0.2, 0.25) is 0 Å². The lowest BCUT2D eigenvalue weighted by Gasteiger charge is -2.35. The van der Waals surface area contributed by atoms with E-state index in [4.69, 9.17) is 9.47 Å². The fourth-order valence-electron chi connectivity index (χ4n) is 4.74. The monoisotopic (exact) mass is 311 g/mol. The molecule has 4 aliphatic heterocycles. The molecule has 5 heteroatoms. The van der Waals surface area contributed by atoms with Crippen LogP contribution in [0.4, 0.5) is 5.69 Å². The molecule has 3 fully saturated rings. The van der Waals surface area contributed by atoms with E-state index in [-0.39, 0.29) is 41.6 Å². The number of benzene rings is 1. The van der Waals surface area contributed by atoms with Gasteiger partial charge in [-0.05, 0) is 18.6 Å². The van der Waals surface area contributed by atoms with Gasteiger partial charge in [-0.1, -0.05) is 30.4 Å². The fourth-order valence-corrected chi connectivity index (χ4v) is 4.74. The molecule has 0 spiro atoms. The first kappa shape index (κ1) is 13.5. The molecule has 4 aliphatic rings. The lowest BCUT2D eigenvalue weighted by molar-refractivity contribution is -0.164. The number of rotatable bonds is 1. The molecule has 23 heavy (non-hydrogen) atoms. The zero-order valence-corrected chi connectivity index (χ0v) is 12.7. The quantitative estimate of drug-likeness (QED) is 0.785. The maximum atomic E-state index is 12.8. The number of carbonyl (C=O) groups is 2. The highest BCUT2D eigenvalue weighted by atomic mass is 16.7. The molecule has 6 atom stereocenters. The number of para-hydroxylation sites is 1.